The van der Waals surface area contributed by atoms with Crippen LogP contribution in [0.25, 0.3) is 0 Å². The summed E-state index contributed by atoms with van der Waals surface area (Å²) < 4.78 is 5.16. The van der Waals surface area contributed by atoms with Gasteiger partial charge in [-0.1, -0.05) is 17.7 Å². The molecule has 1 atom stereocenters. The van der Waals surface area contributed by atoms with Crippen LogP contribution in [0, 0.1) is 6.92 Å². The minimum atomic E-state index is -1.22. The quantitative estimate of drug-likeness (QED) is 0.777. The second kappa shape index (κ2) is 7.96. The highest BCUT2D eigenvalue weighted by atomic mass is 16.5. The highest BCUT2D eigenvalue weighted by Gasteiger charge is 2.33. The van der Waals surface area contributed by atoms with Crippen LogP contribution in [0.5, 0.6) is 11.5 Å². The largest absolute Gasteiger partial charge is 0.508 e. The number of hydrazone groups is 1. The number of nitrogens with zero attached hydrogens (tertiary/aromatic N) is 2. The number of carboxylic acid groups (broad SMARTS) is 1. The number of carboxylic acids is 1. The number of phenolic OH excluding ortho intramolecular Hbond substituents is 1. The van der Waals surface area contributed by atoms with Crippen LogP contribution in [-0.4, -0.2) is 39.9 Å². The molecule has 0 aromatic heterocycles. The monoisotopic (exact) mass is 380 g/mol. The molecule has 3 rings (SSSR count). The fourth-order valence-corrected chi connectivity index (χ4v) is 3.07. The van der Waals surface area contributed by atoms with Gasteiger partial charge >= 0.3 is 5.97 Å². The number of benzene rings is 2. The number of amides is 1. The zero-order valence-electron chi connectivity index (χ0n) is 15.5. The molecule has 0 saturated carbocycles. The van der Waals surface area contributed by atoms with E-state index in [1.54, 1.807) is 37.4 Å². The van der Waals surface area contributed by atoms with E-state index in [2.05, 4.69) is 5.10 Å². The number of carbonyl (C=O) groups is 2. The summed E-state index contributed by atoms with van der Waals surface area (Å²) in [6.45, 7) is 1.89. The number of hydrogen-bond acceptors (Lipinski definition) is 5. The predicted octanol–water partition coefficient (Wildman–Crippen LogP) is 3.03. The Morgan fingerprint density at radius 1 is 1.18 bits per heavy atom. The smallest absolute Gasteiger partial charge is 0.328 e. The molecule has 28 heavy (non-hydrogen) atoms. The lowest BCUT2D eigenvalue weighted by Crippen LogP contribution is -2.25. The van der Waals surface area contributed by atoms with E-state index in [1.165, 1.54) is 5.01 Å². The highest BCUT2D eigenvalue weighted by molar-refractivity contribution is 6.04. The van der Waals surface area contributed by atoms with E-state index in [0.717, 1.165) is 23.3 Å². The van der Waals surface area contributed by atoms with Gasteiger partial charge < -0.3 is 14.9 Å². The van der Waals surface area contributed by atoms with Crippen LogP contribution in [0.2, 0.25) is 0 Å². The summed E-state index contributed by atoms with van der Waals surface area (Å²) in [6, 6.07) is 11.9. The Morgan fingerprint density at radius 3 is 2.54 bits per heavy atom. The normalized spacial score (nSPS) is 16.3. The molecule has 0 bridgehead atoms. The molecule has 0 saturated heterocycles. The topological polar surface area (TPSA) is 99.4 Å². The number of aryl methyl sites for hydroxylation is 1. The fourth-order valence-electron chi connectivity index (χ4n) is 3.07. The standard InChI is InChI=1S/C21H20N2O5/c1-13-3-8-19(24)16(11-13)18-12-17(14-4-6-15(28-2)7-5-14)22-23(18)20(25)9-10-21(26)27/h3-11,18,24H,12H2,1-2H3,(H,26,27)/b10-9-/t18-/m1/s1. The first-order chi connectivity index (χ1) is 13.4. The van der Waals surface area contributed by atoms with Crippen molar-refractivity contribution in [2.45, 2.75) is 19.4 Å². The Labute approximate surface area is 162 Å². The van der Waals surface area contributed by atoms with E-state index in [4.69, 9.17) is 9.84 Å². The summed E-state index contributed by atoms with van der Waals surface area (Å²) in [6.07, 6.45) is 2.12. The first kappa shape index (κ1) is 19.2. The lowest BCUT2D eigenvalue weighted by atomic mass is 9.96. The summed E-state index contributed by atoms with van der Waals surface area (Å²) in [5, 5.41) is 24.8. The molecule has 144 valence electrons. The van der Waals surface area contributed by atoms with Gasteiger partial charge in [-0.15, -0.1) is 0 Å². The van der Waals surface area contributed by atoms with Crippen LogP contribution >= 0.6 is 0 Å². The third-order valence-corrected chi connectivity index (χ3v) is 4.47. The Bertz CT molecular complexity index is 963. The molecule has 7 nitrogen and oxygen atoms in total. The number of aliphatic carboxylic acids is 1. The average Bonchev–Trinajstić information content (AvgIpc) is 3.13. The number of phenols is 1. The van der Waals surface area contributed by atoms with Crippen LogP contribution < -0.4 is 4.74 Å². The molecule has 7 heteroatoms. The van der Waals surface area contributed by atoms with Crippen LogP contribution in [0.4, 0.5) is 0 Å². The average molecular weight is 380 g/mol. The van der Waals surface area contributed by atoms with Gasteiger partial charge in [0.15, 0.2) is 0 Å². The van der Waals surface area contributed by atoms with Crippen molar-refractivity contribution in [1.82, 2.24) is 5.01 Å². The zero-order valence-corrected chi connectivity index (χ0v) is 15.5. The number of ether oxygens (including phenoxy) is 1. The van der Waals surface area contributed by atoms with Gasteiger partial charge in [0.05, 0.1) is 18.9 Å². The molecule has 2 N–H and O–H groups in total. The van der Waals surface area contributed by atoms with Gasteiger partial charge in [0.1, 0.15) is 11.5 Å². The molecular formula is C21H20N2O5. The Hall–Kier alpha value is -3.61. The van der Waals surface area contributed by atoms with Gasteiger partial charge in [-0.05, 0) is 42.8 Å². The molecular weight excluding hydrogens is 360 g/mol. The van der Waals surface area contributed by atoms with Gasteiger partial charge in [-0.25, -0.2) is 9.80 Å². The van der Waals surface area contributed by atoms with E-state index in [-0.39, 0.29) is 5.75 Å². The maximum absolute atomic E-state index is 12.6. The number of aromatic hydroxyl groups is 1. The summed E-state index contributed by atoms with van der Waals surface area (Å²) in [7, 11) is 1.58. The summed E-state index contributed by atoms with van der Waals surface area (Å²) >= 11 is 0. The molecule has 1 amide bonds. The molecule has 0 radical (unpaired) electrons. The molecule has 1 heterocycles. The van der Waals surface area contributed by atoms with Crippen molar-refractivity contribution < 1.29 is 24.5 Å². The lowest BCUT2D eigenvalue weighted by molar-refractivity contribution is -0.132. The van der Waals surface area contributed by atoms with Crippen molar-refractivity contribution in [3.8, 4) is 11.5 Å². The van der Waals surface area contributed by atoms with Crippen LogP contribution in [0.15, 0.2) is 59.7 Å². The molecule has 1 aliphatic rings. The minimum Gasteiger partial charge on any atom is -0.508 e. The van der Waals surface area contributed by atoms with E-state index in [0.29, 0.717) is 23.4 Å². The van der Waals surface area contributed by atoms with Crippen LogP contribution in [0.3, 0.4) is 0 Å². The molecule has 1 aliphatic heterocycles. The predicted molar refractivity (Wildman–Crippen MR) is 103 cm³/mol. The van der Waals surface area contributed by atoms with Crippen LogP contribution in [-0.2, 0) is 9.59 Å². The van der Waals surface area contributed by atoms with Crippen molar-refractivity contribution in [1.29, 1.82) is 0 Å². The number of rotatable bonds is 5. The molecule has 0 aliphatic carbocycles. The van der Waals surface area contributed by atoms with Gasteiger partial charge in [-0.3, -0.25) is 4.79 Å². The third-order valence-electron chi connectivity index (χ3n) is 4.47. The first-order valence-corrected chi connectivity index (χ1v) is 8.64. The molecule has 0 fully saturated rings. The van der Waals surface area contributed by atoms with E-state index in [9.17, 15) is 14.7 Å². The van der Waals surface area contributed by atoms with E-state index < -0.39 is 17.9 Å². The third kappa shape index (κ3) is 4.03. The first-order valence-electron chi connectivity index (χ1n) is 8.64. The summed E-state index contributed by atoms with van der Waals surface area (Å²) in [4.78, 5) is 23.3. The molecule has 2 aromatic carbocycles. The molecule has 0 unspecified atom stereocenters. The van der Waals surface area contributed by atoms with Crippen molar-refractivity contribution in [3.05, 3.63) is 71.3 Å². The van der Waals surface area contributed by atoms with Gasteiger partial charge in [0, 0.05) is 24.1 Å². The van der Waals surface area contributed by atoms with E-state index >= 15 is 0 Å². The van der Waals surface area contributed by atoms with Gasteiger partial charge in [-0.2, -0.15) is 5.10 Å². The second-order valence-corrected chi connectivity index (χ2v) is 6.41. The maximum Gasteiger partial charge on any atom is 0.328 e. The number of methoxy groups -OCH3 is 1. The number of hydrogen-bond donors (Lipinski definition) is 2. The van der Waals surface area contributed by atoms with Gasteiger partial charge in [0.2, 0.25) is 0 Å². The Kier molecular flexibility index (Phi) is 5.44. The summed E-state index contributed by atoms with van der Waals surface area (Å²) in [5.41, 5.74) is 2.96. The second-order valence-electron chi connectivity index (χ2n) is 6.41. The van der Waals surface area contributed by atoms with Crippen molar-refractivity contribution in [2.75, 3.05) is 7.11 Å². The maximum atomic E-state index is 12.6. The SMILES string of the molecule is COc1ccc(C2=NN(C(=O)/C=C\C(=O)O)[C@@H](c3cc(C)ccc3O)C2)cc1. The Balaban J connectivity index is 1.99. The van der Waals surface area contributed by atoms with Crippen LogP contribution in [0.1, 0.15) is 29.2 Å². The highest BCUT2D eigenvalue weighted by Crippen LogP contribution is 2.37. The Morgan fingerprint density at radius 2 is 1.89 bits per heavy atom. The fraction of sp³-hybridized carbons (Fsp3) is 0.190. The zero-order chi connectivity index (χ0) is 20.3. The van der Waals surface area contributed by atoms with Crippen molar-refractivity contribution in [2.24, 2.45) is 5.10 Å². The lowest BCUT2D eigenvalue weighted by Gasteiger charge is -2.22. The minimum absolute atomic E-state index is 0.0572. The molecule has 2 aromatic rings. The van der Waals surface area contributed by atoms with Crippen molar-refractivity contribution >= 4 is 17.6 Å². The number of carbonyl (C=O) groups excluding carboxylic acids is 1. The summed E-state index contributed by atoms with van der Waals surface area (Å²) in [5.74, 6) is -1.03. The van der Waals surface area contributed by atoms with Crippen molar-refractivity contribution in [3.63, 3.8) is 0 Å². The van der Waals surface area contributed by atoms with E-state index in [1.807, 2.05) is 19.1 Å². The molecule has 0 spiro atoms. The van der Waals surface area contributed by atoms with Gasteiger partial charge in [0.25, 0.3) is 5.91 Å².